The van der Waals surface area contributed by atoms with E-state index in [1.165, 1.54) is 0 Å². The molecule has 0 saturated carbocycles. The van der Waals surface area contributed by atoms with Gasteiger partial charge in [0.25, 0.3) is 0 Å². The summed E-state index contributed by atoms with van der Waals surface area (Å²) in [6.07, 6.45) is 11.2. The van der Waals surface area contributed by atoms with Crippen LogP contribution in [-0.2, 0) is 25.5 Å². The molecule has 0 aliphatic carbocycles. The van der Waals surface area contributed by atoms with Crippen LogP contribution in [-0.4, -0.2) is 80.1 Å². The second kappa shape index (κ2) is 10.5. The van der Waals surface area contributed by atoms with Gasteiger partial charge in [-0.3, -0.25) is 14.4 Å². The molecule has 4 aliphatic heterocycles. The van der Waals surface area contributed by atoms with E-state index in [4.69, 9.17) is 4.74 Å². The lowest BCUT2D eigenvalue weighted by atomic mass is 9.78. The van der Waals surface area contributed by atoms with Crippen molar-refractivity contribution in [3.63, 3.8) is 0 Å². The van der Waals surface area contributed by atoms with E-state index < -0.39 is 34.2 Å². The van der Waals surface area contributed by atoms with Gasteiger partial charge in [-0.2, -0.15) is 0 Å². The van der Waals surface area contributed by atoms with Crippen LogP contribution in [0.4, 0.5) is 0 Å². The number of cyclic esters (lactones) is 1. The molecule has 2 saturated heterocycles. The second-order valence-electron chi connectivity index (χ2n) is 11.7. The van der Waals surface area contributed by atoms with Gasteiger partial charge in [0.05, 0.1) is 35.8 Å². The van der Waals surface area contributed by atoms with Gasteiger partial charge in [0.15, 0.2) is 0 Å². The monoisotopic (exact) mass is 538 g/mol. The van der Waals surface area contributed by atoms with Gasteiger partial charge in [-0.15, -0.1) is 11.8 Å². The van der Waals surface area contributed by atoms with E-state index >= 15 is 0 Å². The number of thioether (sulfide) groups is 1. The Bertz CT molecular complexity index is 1130. The number of benzene rings is 1. The minimum absolute atomic E-state index is 0.140. The van der Waals surface area contributed by atoms with Crippen molar-refractivity contribution < 1.29 is 24.2 Å². The first kappa shape index (κ1) is 27.0. The van der Waals surface area contributed by atoms with E-state index in [-0.39, 0.29) is 29.6 Å². The Labute approximate surface area is 229 Å². The third kappa shape index (κ3) is 4.60. The Hall–Kier alpha value is -2.58. The molecule has 4 aliphatic rings. The van der Waals surface area contributed by atoms with Crippen molar-refractivity contribution in [1.29, 1.82) is 0 Å². The molecule has 7 nitrogen and oxygen atoms in total. The first-order valence-electron chi connectivity index (χ1n) is 13.7. The van der Waals surface area contributed by atoms with Crippen molar-refractivity contribution in [2.75, 3.05) is 19.8 Å². The predicted molar refractivity (Wildman–Crippen MR) is 147 cm³/mol. The highest BCUT2D eigenvalue weighted by molar-refractivity contribution is 8.02. The molecule has 0 aromatic heterocycles. The van der Waals surface area contributed by atoms with Crippen LogP contribution in [0.25, 0.3) is 0 Å². The maximum Gasteiger partial charge on any atom is 0.311 e. The molecule has 38 heavy (non-hydrogen) atoms. The van der Waals surface area contributed by atoms with E-state index in [0.29, 0.717) is 19.6 Å². The summed E-state index contributed by atoms with van der Waals surface area (Å²) in [6.45, 7) is 6.45. The summed E-state index contributed by atoms with van der Waals surface area (Å²) < 4.78 is 4.77. The third-order valence-corrected chi connectivity index (χ3v) is 10.0. The summed E-state index contributed by atoms with van der Waals surface area (Å²) in [5.74, 6) is -2.20. The zero-order valence-corrected chi connectivity index (χ0v) is 23.2. The first-order chi connectivity index (χ1) is 18.2. The molecule has 1 aromatic carbocycles. The van der Waals surface area contributed by atoms with Crippen LogP contribution in [0.15, 0.2) is 54.6 Å². The van der Waals surface area contributed by atoms with Crippen molar-refractivity contribution in [3.8, 4) is 0 Å². The molecule has 5 rings (SSSR count). The molecule has 2 amide bonds. The number of aliphatic hydroxyl groups is 1. The summed E-state index contributed by atoms with van der Waals surface area (Å²) in [6, 6.07) is 8.27. The number of rotatable bonds is 4. The lowest BCUT2D eigenvalue weighted by Gasteiger charge is -2.42. The molecule has 0 bridgehead atoms. The Morgan fingerprint density at radius 2 is 1.87 bits per heavy atom. The Balaban J connectivity index is 1.63. The molecule has 8 heteroatoms. The van der Waals surface area contributed by atoms with Gasteiger partial charge in [-0.05, 0) is 52.0 Å². The van der Waals surface area contributed by atoms with E-state index in [1.807, 2.05) is 74.2 Å². The Morgan fingerprint density at radius 1 is 1.11 bits per heavy atom. The van der Waals surface area contributed by atoms with Gasteiger partial charge in [0, 0.05) is 17.3 Å². The molecule has 2 fully saturated rings. The molecule has 0 radical (unpaired) electrons. The zero-order valence-electron chi connectivity index (χ0n) is 22.4. The number of esters is 1. The molecule has 1 N–H and O–H groups in total. The van der Waals surface area contributed by atoms with Crippen LogP contribution < -0.4 is 0 Å². The van der Waals surface area contributed by atoms with Gasteiger partial charge in [-0.1, -0.05) is 54.6 Å². The first-order valence-corrected chi connectivity index (χ1v) is 14.5. The minimum Gasteiger partial charge on any atom is -0.465 e. The topological polar surface area (TPSA) is 87.2 Å². The van der Waals surface area contributed by atoms with Crippen molar-refractivity contribution in [2.24, 2.45) is 11.8 Å². The van der Waals surface area contributed by atoms with Crippen molar-refractivity contribution in [2.45, 2.75) is 74.1 Å². The van der Waals surface area contributed by atoms with Crippen LogP contribution in [0, 0.1) is 11.8 Å². The van der Waals surface area contributed by atoms with E-state index in [0.717, 1.165) is 24.8 Å². The molecular weight excluding hydrogens is 500 g/mol. The number of ether oxygens (including phenoxy) is 1. The summed E-state index contributed by atoms with van der Waals surface area (Å²) >= 11 is 1.54. The lowest BCUT2D eigenvalue weighted by molar-refractivity contribution is -0.154. The molecule has 1 spiro atoms. The number of hydrogen-bond acceptors (Lipinski definition) is 6. The smallest absolute Gasteiger partial charge is 0.311 e. The van der Waals surface area contributed by atoms with Gasteiger partial charge < -0.3 is 19.6 Å². The average Bonchev–Trinajstić information content (AvgIpc) is 3.27. The zero-order chi connectivity index (χ0) is 27.1. The number of likely N-dealkylation sites (tertiary alicyclic amines) is 1. The molecular formula is C30H38N2O5S. The lowest BCUT2D eigenvalue weighted by Crippen LogP contribution is -2.59. The quantitative estimate of drug-likeness (QED) is 0.467. The number of fused-ring (bicyclic) bond motifs is 2. The van der Waals surface area contributed by atoms with Crippen molar-refractivity contribution in [3.05, 3.63) is 60.2 Å². The van der Waals surface area contributed by atoms with Crippen molar-refractivity contribution in [1.82, 2.24) is 9.80 Å². The highest BCUT2D eigenvalue weighted by atomic mass is 32.2. The summed E-state index contributed by atoms with van der Waals surface area (Å²) in [7, 11) is 0. The standard InChI is InChI=1S/C30H38N2O5S/c1-29(2,3)31-16-11-15-30-24(23-22(38-30)14-9-4-5-10-17-37-28(23)36)26(34)32(25(30)27(31)35)21(19-33)18-20-12-7-6-8-13-20/h6-9,11-15,21-25,33H,4-5,10,16-19H2,1-3H3/b14-9-/t21-,22-,23+,24+,25?,30+/m1/s1. The van der Waals surface area contributed by atoms with Crippen LogP contribution in [0.5, 0.6) is 0 Å². The van der Waals surface area contributed by atoms with E-state index in [9.17, 15) is 19.5 Å². The fourth-order valence-electron chi connectivity index (χ4n) is 6.49. The fraction of sp³-hybridized carbons (Fsp3) is 0.567. The Kier molecular flexibility index (Phi) is 7.48. The van der Waals surface area contributed by atoms with E-state index in [1.54, 1.807) is 16.7 Å². The van der Waals surface area contributed by atoms with Gasteiger partial charge in [-0.25, -0.2) is 0 Å². The van der Waals surface area contributed by atoms with Crippen LogP contribution >= 0.6 is 11.8 Å². The maximum absolute atomic E-state index is 14.5. The minimum atomic E-state index is -0.926. The van der Waals surface area contributed by atoms with Crippen LogP contribution in [0.2, 0.25) is 0 Å². The summed E-state index contributed by atoms with van der Waals surface area (Å²) in [5, 5.41) is 10.3. The third-order valence-electron chi connectivity index (χ3n) is 8.27. The van der Waals surface area contributed by atoms with Gasteiger partial charge in [0.2, 0.25) is 11.8 Å². The maximum atomic E-state index is 14.5. The summed E-state index contributed by atoms with van der Waals surface area (Å²) in [5.41, 5.74) is 0.509. The summed E-state index contributed by atoms with van der Waals surface area (Å²) in [4.78, 5) is 45.8. The van der Waals surface area contributed by atoms with Crippen LogP contribution in [0.1, 0.15) is 45.6 Å². The second-order valence-corrected chi connectivity index (χ2v) is 13.2. The van der Waals surface area contributed by atoms with E-state index in [2.05, 4.69) is 6.08 Å². The van der Waals surface area contributed by atoms with Crippen LogP contribution in [0.3, 0.4) is 0 Å². The number of amides is 2. The average molecular weight is 539 g/mol. The highest BCUT2D eigenvalue weighted by Crippen LogP contribution is 2.61. The number of carbonyl (C=O) groups is 3. The Morgan fingerprint density at radius 3 is 2.58 bits per heavy atom. The fourth-order valence-corrected chi connectivity index (χ4v) is 8.48. The SMILES string of the molecule is CC(C)(C)N1CC=C[C@]23S[C@@H]4/C=C\CCCCOC(=O)[C@@H]4[C@H]2C(=O)N([C@@H](CO)Cc2ccccc2)C3C1=O. The van der Waals surface area contributed by atoms with Gasteiger partial charge >= 0.3 is 5.97 Å². The number of aliphatic hydroxyl groups excluding tert-OH is 1. The molecule has 1 aromatic rings. The normalized spacial score (nSPS) is 33.2. The van der Waals surface area contributed by atoms with Gasteiger partial charge in [0.1, 0.15) is 6.04 Å². The molecule has 4 heterocycles. The molecule has 6 atom stereocenters. The predicted octanol–water partition coefficient (Wildman–Crippen LogP) is 3.37. The number of allylic oxidation sites excluding steroid dienone is 1. The number of hydrogen-bond donors (Lipinski definition) is 1. The van der Waals surface area contributed by atoms with Crippen molar-refractivity contribution >= 4 is 29.5 Å². The largest absolute Gasteiger partial charge is 0.465 e. The number of nitrogens with zero attached hydrogens (tertiary/aromatic N) is 2. The number of carbonyl (C=O) groups excluding carboxylic acids is 3. The molecule has 204 valence electrons. The molecule has 1 unspecified atom stereocenters. The highest BCUT2D eigenvalue weighted by Gasteiger charge is 2.72.